The van der Waals surface area contributed by atoms with Crippen molar-refractivity contribution in [3.63, 3.8) is 0 Å². The lowest BCUT2D eigenvalue weighted by molar-refractivity contribution is 0.213. The molecule has 6 heteroatoms. The van der Waals surface area contributed by atoms with Crippen molar-refractivity contribution < 1.29 is 13.3 Å². The van der Waals surface area contributed by atoms with Crippen LogP contribution in [-0.2, 0) is 19.5 Å². The fourth-order valence-electron chi connectivity index (χ4n) is 2.06. The highest BCUT2D eigenvalue weighted by Crippen LogP contribution is 2.64. The number of benzene rings is 1. The van der Waals surface area contributed by atoms with Gasteiger partial charge in [-0.15, -0.1) is 0 Å². The Morgan fingerprint density at radius 3 is 2.56 bits per heavy atom. The molecule has 1 aromatic rings. The maximum atomic E-state index is 12.7. The minimum absolute atomic E-state index is 0.0475. The van der Waals surface area contributed by atoms with Gasteiger partial charge in [0.25, 0.3) is 0 Å². The second kappa shape index (κ2) is 5.25. The molecule has 0 saturated carbocycles. The molecule has 0 spiro atoms. The Bertz CT molecular complexity index is 493. The van der Waals surface area contributed by atoms with Crippen molar-refractivity contribution in [3.8, 4) is 0 Å². The van der Waals surface area contributed by atoms with Gasteiger partial charge in [-0.3, -0.25) is 9.09 Å². The highest BCUT2D eigenvalue weighted by atomic mass is 32.8. The summed E-state index contributed by atoms with van der Waals surface area (Å²) in [6.07, 6.45) is -0.280. The first-order valence-corrected chi connectivity index (χ1v) is 9.46. The third-order valence-electron chi connectivity index (χ3n) is 3.29. The van der Waals surface area contributed by atoms with Crippen LogP contribution < -0.4 is 0 Å². The van der Waals surface area contributed by atoms with E-state index in [1.54, 1.807) is 18.6 Å². The second-order valence-corrected chi connectivity index (χ2v) is 9.94. The van der Waals surface area contributed by atoms with Gasteiger partial charge in [0, 0.05) is 11.8 Å². The first kappa shape index (κ1) is 13.9. The lowest BCUT2D eigenvalue weighted by atomic mass is 10.0. The van der Waals surface area contributed by atoms with Crippen LogP contribution in [-0.4, -0.2) is 27.7 Å². The molecule has 0 bridgehead atoms. The predicted molar refractivity (Wildman–Crippen MR) is 73.8 cm³/mol. The van der Waals surface area contributed by atoms with E-state index in [-0.39, 0.29) is 12.1 Å². The molecule has 0 amide bonds. The van der Waals surface area contributed by atoms with Gasteiger partial charge in [-0.25, -0.2) is 8.88 Å². The van der Waals surface area contributed by atoms with E-state index >= 15 is 0 Å². The van der Waals surface area contributed by atoms with Crippen molar-refractivity contribution in [3.05, 3.63) is 35.9 Å². The van der Waals surface area contributed by atoms with Crippen molar-refractivity contribution >= 4 is 17.1 Å². The molecule has 0 aromatic heterocycles. The van der Waals surface area contributed by atoms with Crippen molar-refractivity contribution in [1.29, 1.82) is 0 Å². The van der Waals surface area contributed by atoms with Gasteiger partial charge in [0.2, 0.25) is 0 Å². The number of likely N-dealkylation sites (N-methyl/N-ethyl adjacent to an activating group) is 1. The predicted octanol–water partition coefficient (Wildman–Crippen LogP) is 2.95. The first-order chi connectivity index (χ1) is 8.50. The molecule has 4 atom stereocenters. The fraction of sp³-hybridized carbons (Fsp3) is 0.500. The van der Waals surface area contributed by atoms with Crippen LogP contribution in [0.15, 0.2) is 30.3 Å². The zero-order valence-electron chi connectivity index (χ0n) is 10.8. The minimum Gasteiger partial charge on any atom is -0.298 e. The van der Waals surface area contributed by atoms with Gasteiger partial charge in [0.15, 0.2) is 0 Å². The average Bonchev–Trinajstić information content (AvgIpc) is 2.64. The Hall–Kier alpha value is -0.480. The molecule has 1 aliphatic heterocycles. The third kappa shape index (κ3) is 2.21. The number of rotatable bonds is 3. The number of hydrogen-bond donors (Lipinski definition) is 0. The Balaban J connectivity index is 2.34. The zero-order valence-corrected chi connectivity index (χ0v) is 12.5. The molecule has 2 rings (SSSR count). The van der Waals surface area contributed by atoms with Crippen molar-refractivity contribution in [2.75, 3.05) is 12.8 Å². The summed E-state index contributed by atoms with van der Waals surface area (Å²) in [5.41, 5.74) is 0.975. The monoisotopic (exact) mass is 287 g/mol. The van der Waals surface area contributed by atoms with E-state index < -0.39 is 17.1 Å². The average molecular weight is 287 g/mol. The zero-order chi connectivity index (χ0) is 13.3. The van der Waals surface area contributed by atoms with Crippen LogP contribution >= 0.6 is 6.72 Å². The van der Waals surface area contributed by atoms with E-state index in [9.17, 15) is 8.77 Å². The van der Waals surface area contributed by atoms with Crippen LogP contribution in [0.25, 0.3) is 0 Å². The third-order valence-corrected chi connectivity index (χ3v) is 9.28. The quantitative estimate of drug-likeness (QED) is 0.802. The normalized spacial score (nSPS) is 34.6. The molecule has 1 aliphatic rings. The summed E-state index contributed by atoms with van der Waals surface area (Å²) in [5.74, 6) is 0.343. The summed E-state index contributed by atoms with van der Waals surface area (Å²) >= 11 is 0. The van der Waals surface area contributed by atoms with Gasteiger partial charge in [-0.05, 0) is 19.5 Å². The minimum atomic E-state index is -3.22. The van der Waals surface area contributed by atoms with Crippen molar-refractivity contribution in [2.24, 2.45) is 0 Å². The van der Waals surface area contributed by atoms with Crippen LogP contribution in [0.5, 0.6) is 0 Å². The fourth-order valence-corrected chi connectivity index (χ4v) is 6.93. The molecule has 0 radical (unpaired) electrons. The van der Waals surface area contributed by atoms with Crippen LogP contribution in [0.4, 0.5) is 0 Å². The maximum Gasteiger partial charge on any atom is 0.359 e. The standard InChI is InChI=1S/C12H18NO3PS/c1-4-18(15)17(14)13(3)10(2)12(16-17)11-8-6-5-7-9-11/h5-10,12H,4H2,1-3H3. The van der Waals surface area contributed by atoms with Gasteiger partial charge < -0.3 is 0 Å². The van der Waals surface area contributed by atoms with Crippen LogP contribution in [0, 0.1) is 0 Å². The molecule has 100 valence electrons. The lowest BCUT2D eigenvalue weighted by Gasteiger charge is -2.19. The summed E-state index contributed by atoms with van der Waals surface area (Å²) < 4.78 is 32.0. The highest BCUT2D eigenvalue weighted by Gasteiger charge is 2.50. The van der Waals surface area contributed by atoms with E-state index in [1.807, 2.05) is 37.3 Å². The van der Waals surface area contributed by atoms with Gasteiger partial charge in [-0.2, -0.15) is 0 Å². The summed E-state index contributed by atoms with van der Waals surface area (Å²) in [4.78, 5) is 0. The molecular weight excluding hydrogens is 269 g/mol. The van der Waals surface area contributed by atoms with E-state index in [0.29, 0.717) is 5.75 Å². The van der Waals surface area contributed by atoms with Gasteiger partial charge in [0.1, 0.15) is 16.5 Å². The van der Waals surface area contributed by atoms with Crippen LogP contribution in [0.2, 0.25) is 0 Å². The molecule has 1 fully saturated rings. The van der Waals surface area contributed by atoms with E-state index in [1.165, 1.54) is 0 Å². The molecular formula is C12H18NO3PS. The Kier molecular flexibility index (Phi) is 4.07. The molecule has 0 N–H and O–H groups in total. The summed E-state index contributed by atoms with van der Waals surface area (Å²) in [5, 5.41) is 0. The Morgan fingerprint density at radius 1 is 1.39 bits per heavy atom. The molecule has 1 heterocycles. The Morgan fingerprint density at radius 2 is 2.00 bits per heavy atom. The smallest absolute Gasteiger partial charge is 0.298 e. The van der Waals surface area contributed by atoms with E-state index in [0.717, 1.165) is 5.56 Å². The largest absolute Gasteiger partial charge is 0.359 e. The molecule has 18 heavy (non-hydrogen) atoms. The number of hydrogen-bond acceptors (Lipinski definition) is 3. The SMILES string of the molecule is CCS(=O)P1(=O)OC(c2ccccc2)C(C)N1C. The summed E-state index contributed by atoms with van der Waals surface area (Å²) in [7, 11) is 0.270. The van der Waals surface area contributed by atoms with Crippen molar-refractivity contribution in [2.45, 2.75) is 26.0 Å². The second-order valence-electron chi connectivity index (χ2n) is 4.33. The van der Waals surface area contributed by atoms with E-state index in [4.69, 9.17) is 4.52 Å². The van der Waals surface area contributed by atoms with Gasteiger partial charge >= 0.3 is 6.72 Å². The van der Waals surface area contributed by atoms with Gasteiger partial charge in [0.05, 0.1) is 0 Å². The highest BCUT2D eigenvalue weighted by molar-refractivity contribution is 8.46. The summed E-state index contributed by atoms with van der Waals surface area (Å²) in [6, 6.07) is 9.61. The molecule has 1 saturated heterocycles. The Labute approximate surface area is 110 Å². The van der Waals surface area contributed by atoms with Crippen LogP contribution in [0.1, 0.15) is 25.5 Å². The lowest BCUT2D eigenvalue weighted by Crippen LogP contribution is -2.24. The van der Waals surface area contributed by atoms with Gasteiger partial charge in [-0.1, -0.05) is 37.3 Å². The molecule has 4 nitrogen and oxygen atoms in total. The maximum absolute atomic E-state index is 12.7. The topological polar surface area (TPSA) is 46.6 Å². The molecule has 1 aromatic carbocycles. The van der Waals surface area contributed by atoms with Crippen LogP contribution in [0.3, 0.4) is 0 Å². The number of nitrogens with zero attached hydrogens (tertiary/aromatic N) is 1. The van der Waals surface area contributed by atoms with E-state index in [2.05, 4.69) is 0 Å². The summed E-state index contributed by atoms with van der Waals surface area (Å²) in [6.45, 7) is 0.482. The van der Waals surface area contributed by atoms with Crippen molar-refractivity contribution in [1.82, 2.24) is 4.67 Å². The molecule has 4 unspecified atom stereocenters. The molecule has 0 aliphatic carbocycles. The first-order valence-electron chi connectivity index (χ1n) is 5.96.